The molecule has 0 aliphatic heterocycles. The number of sulfone groups is 1. The average Bonchev–Trinajstić information content (AvgIpc) is 2.55. The van der Waals surface area contributed by atoms with Gasteiger partial charge in [-0.1, -0.05) is 0 Å². The van der Waals surface area contributed by atoms with Crippen molar-refractivity contribution >= 4 is 27.7 Å². The van der Waals surface area contributed by atoms with Crippen LogP contribution in [0.5, 0.6) is 0 Å². The van der Waals surface area contributed by atoms with Crippen molar-refractivity contribution in [3.8, 4) is 0 Å². The molecule has 27 heavy (non-hydrogen) atoms. The number of carbonyl (C=O) groups excluding carboxylic acids is 1. The molecule has 1 amide bonds. The number of hydrogen-bond donors (Lipinski definition) is 2. The van der Waals surface area contributed by atoms with E-state index in [2.05, 4.69) is 5.32 Å². The average molecular weight is 415 g/mol. The molecule has 1 aromatic rings. The summed E-state index contributed by atoms with van der Waals surface area (Å²) < 4.78 is 31.1. The third-order valence-electron chi connectivity index (χ3n) is 4.58. The van der Waals surface area contributed by atoms with Crippen LogP contribution in [0, 0.1) is 5.92 Å². The van der Waals surface area contributed by atoms with Crippen molar-refractivity contribution in [1.29, 1.82) is 0 Å². The first-order valence-electron chi connectivity index (χ1n) is 9.12. The molecule has 8 heteroatoms. The van der Waals surface area contributed by atoms with Gasteiger partial charge < -0.3 is 15.8 Å². The van der Waals surface area contributed by atoms with E-state index in [9.17, 15) is 13.2 Å². The Bertz CT molecular complexity index is 742. The van der Waals surface area contributed by atoms with E-state index in [1.54, 1.807) is 56.8 Å². The summed E-state index contributed by atoms with van der Waals surface area (Å²) in [4.78, 5) is 13.5. The molecule has 1 aliphatic rings. The van der Waals surface area contributed by atoms with Crippen molar-refractivity contribution in [2.45, 2.75) is 67.5 Å². The molecule has 0 aromatic heterocycles. The van der Waals surface area contributed by atoms with Gasteiger partial charge in [0.15, 0.2) is 9.84 Å². The summed E-state index contributed by atoms with van der Waals surface area (Å²) in [5, 5.41) is 2.85. The van der Waals surface area contributed by atoms with E-state index in [0.29, 0.717) is 17.7 Å². The molecular formula is C19H30N2O4S2. The van der Waals surface area contributed by atoms with Gasteiger partial charge in [-0.2, -0.15) is 0 Å². The van der Waals surface area contributed by atoms with Crippen LogP contribution in [-0.2, 0) is 14.6 Å². The fourth-order valence-corrected chi connectivity index (χ4v) is 5.38. The maximum Gasteiger partial charge on any atom is 0.407 e. The lowest BCUT2D eigenvalue weighted by molar-refractivity contribution is 0.0470. The molecule has 2 rings (SSSR count). The van der Waals surface area contributed by atoms with E-state index in [4.69, 9.17) is 10.5 Å². The normalized spacial score (nSPS) is 23.7. The SMILES string of the molecule is CSc1ccc(S(=O)(=O)C[C@@H]2C[C@H](N)CC[C@@H]2NC(=O)OC(C)(C)C)cc1. The van der Waals surface area contributed by atoms with Gasteiger partial charge in [0.05, 0.1) is 10.6 Å². The molecule has 0 unspecified atom stereocenters. The lowest BCUT2D eigenvalue weighted by atomic mass is 9.83. The summed E-state index contributed by atoms with van der Waals surface area (Å²) in [6, 6.07) is 6.57. The highest BCUT2D eigenvalue weighted by molar-refractivity contribution is 7.98. The number of benzene rings is 1. The second-order valence-corrected chi connectivity index (χ2v) is 11.0. The van der Waals surface area contributed by atoms with Crippen molar-refractivity contribution in [3.63, 3.8) is 0 Å². The maximum absolute atomic E-state index is 12.9. The molecule has 0 spiro atoms. The van der Waals surface area contributed by atoms with Gasteiger partial charge >= 0.3 is 6.09 Å². The van der Waals surface area contributed by atoms with Crippen LogP contribution < -0.4 is 11.1 Å². The van der Waals surface area contributed by atoms with Crippen LogP contribution in [-0.4, -0.2) is 44.2 Å². The minimum absolute atomic E-state index is 0.0419. The van der Waals surface area contributed by atoms with Crippen molar-refractivity contribution in [2.24, 2.45) is 11.7 Å². The lowest BCUT2D eigenvalue weighted by Gasteiger charge is -2.35. The summed E-state index contributed by atoms with van der Waals surface area (Å²) in [5.74, 6) is -0.286. The zero-order chi connectivity index (χ0) is 20.2. The van der Waals surface area contributed by atoms with E-state index in [0.717, 1.165) is 11.3 Å². The number of thioether (sulfide) groups is 1. The van der Waals surface area contributed by atoms with Gasteiger partial charge in [-0.15, -0.1) is 11.8 Å². The van der Waals surface area contributed by atoms with Crippen LogP contribution in [0.15, 0.2) is 34.1 Å². The Morgan fingerprint density at radius 2 is 1.89 bits per heavy atom. The molecule has 3 atom stereocenters. The molecule has 0 saturated heterocycles. The van der Waals surface area contributed by atoms with Crippen molar-refractivity contribution in [2.75, 3.05) is 12.0 Å². The summed E-state index contributed by atoms with van der Waals surface area (Å²) in [6.07, 6.45) is 3.38. The van der Waals surface area contributed by atoms with E-state index in [1.807, 2.05) is 6.26 Å². The largest absolute Gasteiger partial charge is 0.444 e. The Kier molecular flexibility index (Phi) is 7.21. The first-order chi connectivity index (χ1) is 12.5. The molecule has 6 nitrogen and oxygen atoms in total. The molecule has 0 bridgehead atoms. The Hall–Kier alpha value is -1.25. The highest BCUT2D eigenvalue weighted by Gasteiger charge is 2.34. The van der Waals surface area contributed by atoms with E-state index in [-0.39, 0.29) is 23.8 Å². The monoisotopic (exact) mass is 414 g/mol. The second-order valence-electron chi connectivity index (χ2n) is 8.04. The number of nitrogens with one attached hydrogen (secondary N) is 1. The molecule has 0 heterocycles. The van der Waals surface area contributed by atoms with Crippen LogP contribution in [0.1, 0.15) is 40.0 Å². The first kappa shape index (κ1) is 22.0. The minimum Gasteiger partial charge on any atom is -0.444 e. The van der Waals surface area contributed by atoms with Crippen LogP contribution in [0.4, 0.5) is 4.79 Å². The number of carbonyl (C=O) groups is 1. The van der Waals surface area contributed by atoms with Crippen molar-refractivity contribution in [3.05, 3.63) is 24.3 Å². The third-order valence-corrected chi connectivity index (χ3v) is 7.18. The zero-order valence-electron chi connectivity index (χ0n) is 16.4. The van der Waals surface area contributed by atoms with Gasteiger partial charge in [0.2, 0.25) is 0 Å². The quantitative estimate of drug-likeness (QED) is 0.718. The zero-order valence-corrected chi connectivity index (χ0v) is 18.0. The third kappa shape index (κ3) is 6.69. The lowest BCUT2D eigenvalue weighted by Crippen LogP contribution is -2.49. The van der Waals surface area contributed by atoms with Crippen LogP contribution in [0.3, 0.4) is 0 Å². The van der Waals surface area contributed by atoms with E-state index >= 15 is 0 Å². The molecule has 3 N–H and O–H groups in total. The number of hydrogen-bond acceptors (Lipinski definition) is 6. The van der Waals surface area contributed by atoms with Gasteiger partial charge in [0.1, 0.15) is 5.60 Å². The Labute approximate surface area is 166 Å². The summed E-state index contributed by atoms with van der Waals surface area (Å²) in [5.41, 5.74) is 5.47. The van der Waals surface area contributed by atoms with Gasteiger partial charge in [-0.3, -0.25) is 0 Å². The predicted molar refractivity (Wildman–Crippen MR) is 109 cm³/mol. The summed E-state index contributed by atoms with van der Waals surface area (Å²) in [6.45, 7) is 5.39. The first-order valence-corrected chi connectivity index (χ1v) is 12.0. The highest BCUT2D eigenvalue weighted by Crippen LogP contribution is 2.28. The second kappa shape index (κ2) is 8.84. The number of alkyl carbamates (subject to hydrolysis) is 1. The Morgan fingerprint density at radius 1 is 1.26 bits per heavy atom. The smallest absolute Gasteiger partial charge is 0.407 e. The maximum atomic E-state index is 12.9. The van der Waals surface area contributed by atoms with Crippen LogP contribution in [0.2, 0.25) is 0 Å². The minimum atomic E-state index is -3.47. The predicted octanol–water partition coefficient (Wildman–Crippen LogP) is 3.20. The molecule has 0 radical (unpaired) electrons. The number of nitrogens with two attached hydrogens (primary N) is 1. The van der Waals surface area contributed by atoms with Crippen molar-refractivity contribution < 1.29 is 17.9 Å². The topological polar surface area (TPSA) is 98.5 Å². The number of rotatable bonds is 5. The van der Waals surface area contributed by atoms with E-state index in [1.165, 1.54) is 0 Å². The fraction of sp³-hybridized carbons (Fsp3) is 0.632. The molecular weight excluding hydrogens is 384 g/mol. The molecule has 1 aliphatic carbocycles. The fourth-order valence-electron chi connectivity index (χ4n) is 3.29. The Morgan fingerprint density at radius 3 is 2.44 bits per heavy atom. The summed E-state index contributed by atoms with van der Waals surface area (Å²) >= 11 is 1.56. The van der Waals surface area contributed by atoms with Crippen molar-refractivity contribution in [1.82, 2.24) is 5.32 Å². The molecule has 1 saturated carbocycles. The van der Waals surface area contributed by atoms with E-state index < -0.39 is 21.5 Å². The summed E-state index contributed by atoms with van der Waals surface area (Å²) in [7, 11) is -3.47. The van der Waals surface area contributed by atoms with Gasteiger partial charge in [-0.25, -0.2) is 13.2 Å². The number of amides is 1. The molecule has 1 fully saturated rings. The van der Waals surface area contributed by atoms with Gasteiger partial charge in [-0.05, 0) is 76.5 Å². The standard InChI is InChI=1S/C19H30N2O4S2/c1-19(2,3)25-18(22)21-17-10-5-14(20)11-13(17)12-27(23,24)16-8-6-15(26-4)7-9-16/h6-9,13-14,17H,5,10-12,20H2,1-4H3,(H,21,22)/t13-,14+,17-/m0/s1. The van der Waals surface area contributed by atoms with Gasteiger partial charge in [0.25, 0.3) is 0 Å². The number of ether oxygens (including phenoxy) is 1. The van der Waals surface area contributed by atoms with Crippen LogP contribution in [0.25, 0.3) is 0 Å². The van der Waals surface area contributed by atoms with Crippen LogP contribution >= 0.6 is 11.8 Å². The Balaban J connectivity index is 2.12. The van der Waals surface area contributed by atoms with Gasteiger partial charge in [0, 0.05) is 17.0 Å². The molecule has 152 valence electrons. The molecule has 1 aromatic carbocycles. The highest BCUT2D eigenvalue weighted by atomic mass is 32.2.